The van der Waals surface area contributed by atoms with Gasteiger partial charge in [-0.1, -0.05) is 48.5 Å². The zero-order chi connectivity index (χ0) is 21.3. The van der Waals surface area contributed by atoms with Crippen LogP contribution in [0.2, 0.25) is 0 Å². The minimum Gasteiger partial charge on any atom is -0.507 e. The maximum Gasteiger partial charge on any atom is 0.275 e. The number of para-hydroxylation sites is 2. The highest BCUT2D eigenvalue weighted by Crippen LogP contribution is 2.15. The predicted molar refractivity (Wildman–Crippen MR) is 113 cm³/mol. The lowest BCUT2D eigenvalue weighted by molar-refractivity contribution is 0.0944. The Kier molecular flexibility index (Phi) is 6.52. The fourth-order valence-electron chi connectivity index (χ4n) is 2.45. The first kappa shape index (κ1) is 20.3. The number of benzene rings is 3. The zero-order valence-corrected chi connectivity index (χ0v) is 15.7. The van der Waals surface area contributed by atoms with Gasteiger partial charge in [0, 0.05) is 0 Å². The lowest BCUT2D eigenvalue weighted by Gasteiger charge is -2.02. The third-order valence-corrected chi connectivity index (χ3v) is 3.99. The van der Waals surface area contributed by atoms with E-state index in [-0.39, 0.29) is 22.6 Å². The molecular weight excluding hydrogens is 384 g/mol. The number of amides is 2. The minimum absolute atomic E-state index is 0.122. The molecule has 0 spiro atoms. The average molecular weight is 402 g/mol. The summed E-state index contributed by atoms with van der Waals surface area (Å²) in [7, 11) is 0. The van der Waals surface area contributed by atoms with Crippen LogP contribution in [0.1, 0.15) is 31.8 Å². The summed E-state index contributed by atoms with van der Waals surface area (Å²) in [5.74, 6) is -1.28. The SMILES string of the molecule is O=C(N/N=C\c1ccc(/C=N\NC(=O)c2ccccc2O)cc1)c1ccccc1O. The molecule has 0 atom stereocenters. The Hall–Kier alpha value is -4.46. The van der Waals surface area contributed by atoms with Crippen LogP contribution in [0, 0.1) is 0 Å². The molecule has 0 aliphatic rings. The number of phenols is 2. The Morgan fingerprint density at radius 3 is 1.37 bits per heavy atom. The van der Waals surface area contributed by atoms with Crippen molar-refractivity contribution in [2.75, 3.05) is 0 Å². The molecule has 8 nitrogen and oxygen atoms in total. The van der Waals surface area contributed by atoms with Crippen LogP contribution in [0.15, 0.2) is 83.0 Å². The van der Waals surface area contributed by atoms with E-state index in [2.05, 4.69) is 21.1 Å². The van der Waals surface area contributed by atoms with E-state index >= 15 is 0 Å². The largest absolute Gasteiger partial charge is 0.507 e. The molecule has 0 aliphatic heterocycles. The molecule has 3 aromatic rings. The van der Waals surface area contributed by atoms with Crippen molar-refractivity contribution in [3.05, 3.63) is 95.1 Å². The number of aromatic hydroxyl groups is 2. The summed E-state index contributed by atoms with van der Waals surface area (Å²) in [6.07, 6.45) is 2.91. The molecule has 0 heterocycles. The molecule has 0 aliphatic carbocycles. The van der Waals surface area contributed by atoms with Gasteiger partial charge < -0.3 is 10.2 Å². The molecule has 0 saturated heterocycles. The molecule has 3 rings (SSSR count). The standard InChI is InChI=1S/C22H18N4O4/c27-19-7-3-1-5-17(19)21(29)25-23-13-15-9-11-16(12-10-15)14-24-26-22(30)18-6-2-4-8-20(18)28/h1-14,27-28H,(H,25,29)(H,26,30)/b23-13-,24-14-. The van der Waals surface area contributed by atoms with E-state index in [4.69, 9.17) is 0 Å². The van der Waals surface area contributed by atoms with Crippen LogP contribution >= 0.6 is 0 Å². The third kappa shape index (κ3) is 5.29. The van der Waals surface area contributed by atoms with E-state index in [0.717, 1.165) is 11.1 Å². The van der Waals surface area contributed by atoms with Gasteiger partial charge in [0.25, 0.3) is 11.8 Å². The molecule has 30 heavy (non-hydrogen) atoms. The molecule has 2 amide bonds. The summed E-state index contributed by atoms with van der Waals surface area (Å²) in [4.78, 5) is 23.9. The van der Waals surface area contributed by atoms with E-state index in [1.54, 1.807) is 48.5 Å². The first-order valence-corrected chi connectivity index (χ1v) is 8.87. The molecule has 0 fully saturated rings. The van der Waals surface area contributed by atoms with Crippen LogP contribution in [0.25, 0.3) is 0 Å². The molecule has 150 valence electrons. The number of nitrogens with zero attached hydrogens (tertiary/aromatic N) is 2. The number of rotatable bonds is 6. The first-order chi connectivity index (χ1) is 14.5. The van der Waals surface area contributed by atoms with Crippen molar-refractivity contribution in [1.29, 1.82) is 0 Å². The number of carbonyl (C=O) groups is 2. The molecular formula is C22H18N4O4. The van der Waals surface area contributed by atoms with Gasteiger partial charge in [0.15, 0.2) is 0 Å². The second kappa shape index (κ2) is 9.65. The quantitative estimate of drug-likeness (QED) is 0.374. The van der Waals surface area contributed by atoms with Crippen LogP contribution in [-0.2, 0) is 0 Å². The minimum atomic E-state index is -0.520. The second-order valence-corrected chi connectivity index (χ2v) is 6.10. The summed E-state index contributed by atoms with van der Waals surface area (Å²) in [5, 5.41) is 27.0. The summed E-state index contributed by atoms with van der Waals surface area (Å²) in [6.45, 7) is 0. The lowest BCUT2D eigenvalue weighted by atomic mass is 10.2. The predicted octanol–water partition coefficient (Wildman–Crippen LogP) is 2.63. The van der Waals surface area contributed by atoms with Gasteiger partial charge in [-0.3, -0.25) is 9.59 Å². The normalized spacial score (nSPS) is 10.9. The van der Waals surface area contributed by atoms with Crippen LogP contribution in [0.5, 0.6) is 11.5 Å². The Balaban J connectivity index is 1.53. The van der Waals surface area contributed by atoms with Crippen molar-refractivity contribution >= 4 is 24.2 Å². The van der Waals surface area contributed by atoms with Crippen LogP contribution in [0.4, 0.5) is 0 Å². The maximum atomic E-state index is 12.0. The van der Waals surface area contributed by atoms with Crippen molar-refractivity contribution in [3.63, 3.8) is 0 Å². The number of nitrogens with one attached hydrogen (secondary N) is 2. The maximum absolute atomic E-state index is 12.0. The highest BCUT2D eigenvalue weighted by atomic mass is 16.3. The lowest BCUT2D eigenvalue weighted by Crippen LogP contribution is -2.17. The molecule has 8 heteroatoms. The fourth-order valence-corrected chi connectivity index (χ4v) is 2.45. The zero-order valence-electron chi connectivity index (χ0n) is 15.7. The van der Waals surface area contributed by atoms with Gasteiger partial charge in [0.1, 0.15) is 11.5 Å². The van der Waals surface area contributed by atoms with Crippen LogP contribution < -0.4 is 10.9 Å². The molecule has 0 aromatic heterocycles. The Morgan fingerprint density at radius 1 is 0.633 bits per heavy atom. The van der Waals surface area contributed by atoms with E-state index in [1.807, 2.05) is 0 Å². The van der Waals surface area contributed by atoms with E-state index in [9.17, 15) is 19.8 Å². The smallest absolute Gasteiger partial charge is 0.275 e. The van der Waals surface area contributed by atoms with Crippen molar-refractivity contribution in [3.8, 4) is 11.5 Å². The van der Waals surface area contributed by atoms with Gasteiger partial charge in [-0.2, -0.15) is 10.2 Å². The van der Waals surface area contributed by atoms with Crippen LogP contribution in [-0.4, -0.2) is 34.5 Å². The number of hydrazone groups is 2. The molecule has 0 saturated carbocycles. The van der Waals surface area contributed by atoms with E-state index < -0.39 is 11.8 Å². The van der Waals surface area contributed by atoms with Crippen molar-refractivity contribution in [1.82, 2.24) is 10.9 Å². The number of phenolic OH excluding ortho intramolecular Hbond substituents is 2. The fraction of sp³-hybridized carbons (Fsp3) is 0. The van der Waals surface area contributed by atoms with Crippen molar-refractivity contribution < 1.29 is 19.8 Å². The molecule has 0 unspecified atom stereocenters. The van der Waals surface area contributed by atoms with E-state index in [0.29, 0.717) is 0 Å². The topological polar surface area (TPSA) is 123 Å². The number of hydrogen-bond donors (Lipinski definition) is 4. The Bertz CT molecular complexity index is 1020. The van der Waals surface area contributed by atoms with Gasteiger partial charge in [-0.25, -0.2) is 10.9 Å². The highest BCUT2D eigenvalue weighted by molar-refractivity contribution is 5.98. The van der Waals surface area contributed by atoms with Gasteiger partial charge >= 0.3 is 0 Å². The molecule has 4 N–H and O–H groups in total. The molecule has 3 aromatic carbocycles. The van der Waals surface area contributed by atoms with E-state index in [1.165, 1.54) is 36.7 Å². The van der Waals surface area contributed by atoms with Gasteiger partial charge in [0.05, 0.1) is 23.6 Å². The summed E-state index contributed by atoms with van der Waals surface area (Å²) >= 11 is 0. The van der Waals surface area contributed by atoms with Crippen LogP contribution in [0.3, 0.4) is 0 Å². The third-order valence-electron chi connectivity index (χ3n) is 3.99. The molecule has 0 radical (unpaired) electrons. The molecule has 0 bridgehead atoms. The first-order valence-electron chi connectivity index (χ1n) is 8.87. The highest BCUT2D eigenvalue weighted by Gasteiger charge is 2.09. The Labute approximate surface area is 172 Å². The summed E-state index contributed by atoms with van der Waals surface area (Å²) in [6, 6.07) is 19.4. The summed E-state index contributed by atoms with van der Waals surface area (Å²) in [5.41, 5.74) is 6.41. The van der Waals surface area contributed by atoms with Crippen molar-refractivity contribution in [2.45, 2.75) is 0 Å². The van der Waals surface area contributed by atoms with Gasteiger partial charge in [-0.05, 0) is 35.4 Å². The van der Waals surface area contributed by atoms with Crippen molar-refractivity contribution in [2.24, 2.45) is 10.2 Å². The second-order valence-electron chi connectivity index (χ2n) is 6.10. The van der Waals surface area contributed by atoms with Gasteiger partial charge in [-0.15, -0.1) is 0 Å². The monoisotopic (exact) mass is 402 g/mol. The number of carbonyl (C=O) groups excluding carboxylic acids is 2. The van der Waals surface area contributed by atoms with Gasteiger partial charge in [0.2, 0.25) is 0 Å². The average Bonchev–Trinajstić information content (AvgIpc) is 2.75. The number of hydrogen-bond acceptors (Lipinski definition) is 6. The summed E-state index contributed by atoms with van der Waals surface area (Å²) < 4.78 is 0. The Morgan fingerprint density at radius 2 is 1.00 bits per heavy atom.